The Morgan fingerprint density at radius 3 is 2.55 bits per heavy atom. The Morgan fingerprint density at radius 2 is 1.85 bits per heavy atom. The van der Waals surface area contributed by atoms with Crippen molar-refractivity contribution in [3.63, 3.8) is 0 Å². The first kappa shape index (κ1) is 29.3. The van der Waals surface area contributed by atoms with E-state index in [1.54, 1.807) is 49.5 Å². The van der Waals surface area contributed by atoms with Crippen LogP contribution in [0.2, 0.25) is 5.02 Å². The topological polar surface area (TPSA) is 89.5 Å². The Morgan fingerprint density at radius 1 is 1.07 bits per heavy atom. The number of carbonyl (C=O) groups excluding carboxylic acids is 2. The molecule has 1 atom stereocenters. The van der Waals surface area contributed by atoms with Gasteiger partial charge in [-0.3, -0.25) is 14.5 Å². The number of carbonyl (C=O) groups is 2. The maximum atomic E-state index is 13.4. The van der Waals surface area contributed by atoms with Crippen LogP contribution in [-0.2, 0) is 16.0 Å². The normalized spacial score (nSPS) is 16.1. The van der Waals surface area contributed by atoms with Gasteiger partial charge in [-0.05, 0) is 73.0 Å². The van der Waals surface area contributed by atoms with Gasteiger partial charge in [-0.25, -0.2) is 4.99 Å². The van der Waals surface area contributed by atoms with Gasteiger partial charge < -0.3 is 19.5 Å². The molecule has 1 fully saturated rings. The SMILES string of the molecule is CCCOc1ccc(NC(=O)C2CC(=O)N(CCc3ccc(OC)c(OC)c3)C(=Nc3cccc(Cl)c3)S2)cc1. The summed E-state index contributed by atoms with van der Waals surface area (Å²) >= 11 is 7.44. The Hall–Kier alpha value is -3.69. The van der Waals surface area contributed by atoms with Gasteiger partial charge in [0.05, 0.1) is 26.5 Å². The van der Waals surface area contributed by atoms with E-state index in [0.29, 0.717) is 52.6 Å². The third-order valence-corrected chi connectivity index (χ3v) is 7.55. The lowest BCUT2D eigenvalue weighted by atomic mass is 10.1. The van der Waals surface area contributed by atoms with Gasteiger partial charge in [-0.15, -0.1) is 0 Å². The fourth-order valence-corrected chi connectivity index (χ4v) is 5.38. The number of ether oxygens (including phenoxy) is 3. The van der Waals surface area contributed by atoms with E-state index in [1.165, 1.54) is 11.8 Å². The number of benzene rings is 3. The average Bonchev–Trinajstić information content (AvgIpc) is 2.96. The molecule has 1 saturated heterocycles. The van der Waals surface area contributed by atoms with E-state index in [0.717, 1.165) is 17.7 Å². The predicted octanol–water partition coefficient (Wildman–Crippen LogP) is 6.35. The zero-order valence-electron chi connectivity index (χ0n) is 22.7. The van der Waals surface area contributed by atoms with Crippen molar-refractivity contribution < 1.29 is 23.8 Å². The van der Waals surface area contributed by atoms with Crippen LogP contribution < -0.4 is 19.5 Å². The van der Waals surface area contributed by atoms with E-state index in [-0.39, 0.29) is 18.2 Å². The van der Waals surface area contributed by atoms with Gasteiger partial charge in [0.2, 0.25) is 11.8 Å². The van der Waals surface area contributed by atoms with Gasteiger partial charge in [-0.1, -0.05) is 42.4 Å². The van der Waals surface area contributed by atoms with Crippen molar-refractivity contribution in [1.82, 2.24) is 4.90 Å². The molecule has 3 aromatic carbocycles. The molecule has 1 N–H and O–H groups in total. The van der Waals surface area contributed by atoms with Gasteiger partial charge >= 0.3 is 0 Å². The van der Waals surface area contributed by atoms with Crippen LogP contribution in [0, 0.1) is 0 Å². The van der Waals surface area contributed by atoms with Crippen LogP contribution in [0.1, 0.15) is 25.3 Å². The molecule has 0 saturated carbocycles. The molecule has 0 spiro atoms. The number of anilines is 1. The fraction of sp³-hybridized carbons (Fsp3) is 0.300. The number of nitrogens with zero attached hydrogens (tertiary/aromatic N) is 2. The maximum absolute atomic E-state index is 13.4. The number of amidine groups is 1. The number of hydrogen-bond donors (Lipinski definition) is 1. The standard InChI is InChI=1S/C30H32ClN3O5S/c1-4-16-39-24-11-9-22(10-12-24)32-29(36)27-19-28(35)34(30(40-27)33-23-7-5-6-21(31)18-23)15-14-20-8-13-25(37-2)26(17-20)38-3/h5-13,17-18,27H,4,14-16,19H2,1-3H3,(H,32,36). The van der Waals surface area contributed by atoms with Crippen LogP contribution in [0.3, 0.4) is 0 Å². The van der Waals surface area contributed by atoms with E-state index in [1.807, 2.05) is 43.3 Å². The summed E-state index contributed by atoms with van der Waals surface area (Å²) in [7, 11) is 3.17. The Kier molecular flexibility index (Phi) is 10.3. The molecule has 1 aliphatic heterocycles. The van der Waals surface area contributed by atoms with Gasteiger partial charge in [0, 0.05) is 23.7 Å². The molecule has 4 rings (SSSR count). The van der Waals surface area contributed by atoms with Gasteiger partial charge in [-0.2, -0.15) is 0 Å². The Labute approximate surface area is 243 Å². The minimum Gasteiger partial charge on any atom is -0.494 e. The molecule has 3 aromatic rings. The van der Waals surface area contributed by atoms with Crippen molar-refractivity contribution in [3.05, 3.63) is 77.3 Å². The van der Waals surface area contributed by atoms with Crippen LogP contribution in [0.4, 0.5) is 11.4 Å². The lowest BCUT2D eigenvalue weighted by Crippen LogP contribution is -2.46. The largest absolute Gasteiger partial charge is 0.494 e. The van der Waals surface area contributed by atoms with Gasteiger partial charge in [0.25, 0.3) is 0 Å². The summed E-state index contributed by atoms with van der Waals surface area (Å²) in [5.41, 5.74) is 2.21. The molecular formula is C30H32ClN3O5S. The van der Waals surface area contributed by atoms with Crippen LogP contribution >= 0.6 is 23.4 Å². The zero-order valence-corrected chi connectivity index (χ0v) is 24.3. The predicted molar refractivity (Wildman–Crippen MR) is 160 cm³/mol. The minimum atomic E-state index is -0.640. The summed E-state index contributed by atoms with van der Waals surface area (Å²) in [6.07, 6.45) is 1.52. The molecule has 0 aromatic heterocycles. The molecule has 10 heteroatoms. The minimum absolute atomic E-state index is 0.0503. The number of nitrogens with one attached hydrogen (secondary N) is 1. The number of thioether (sulfide) groups is 1. The maximum Gasteiger partial charge on any atom is 0.238 e. The van der Waals surface area contributed by atoms with Crippen molar-refractivity contribution in [3.8, 4) is 17.2 Å². The molecule has 40 heavy (non-hydrogen) atoms. The third-order valence-electron chi connectivity index (χ3n) is 6.13. The highest BCUT2D eigenvalue weighted by atomic mass is 35.5. The number of hydrogen-bond acceptors (Lipinski definition) is 7. The molecule has 0 bridgehead atoms. The lowest BCUT2D eigenvalue weighted by molar-refractivity contribution is -0.129. The van der Waals surface area contributed by atoms with E-state index >= 15 is 0 Å². The van der Waals surface area contributed by atoms with Crippen LogP contribution in [-0.4, -0.2) is 54.5 Å². The van der Waals surface area contributed by atoms with Crippen molar-refractivity contribution in [1.29, 1.82) is 0 Å². The second kappa shape index (κ2) is 14.1. The summed E-state index contributed by atoms with van der Waals surface area (Å²) in [6.45, 7) is 3.05. The Bertz CT molecular complexity index is 1370. The highest BCUT2D eigenvalue weighted by molar-refractivity contribution is 8.15. The van der Waals surface area contributed by atoms with E-state index in [4.69, 9.17) is 30.8 Å². The summed E-state index contributed by atoms with van der Waals surface area (Å²) in [5, 5.41) is 3.26. The smallest absolute Gasteiger partial charge is 0.238 e. The summed E-state index contributed by atoms with van der Waals surface area (Å²) < 4.78 is 16.4. The number of aliphatic imine (C=N–C) groups is 1. The first-order chi connectivity index (χ1) is 19.4. The molecule has 0 radical (unpaired) electrons. The Balaban J connectivity index is 1.51. The van der Waals surface area contributed by atoms with Crippen molar-refractivity contribution >= 4 is 51.7 Å². The lowest BCUT2D eigenvalue weighted by Gasteiger charge is -2.32. The monoisotopic (exact) mass is 581 g/mol. The van der Waals surface area contributed by atoms with Gasteiger partial charge in [0.15, 0.2) is 16.7 Å². The molecular weight excluding hydrogens is 550 g/mol. The molecule has 1 aliphatic rings. The van der Waals surface area contributed by atoms with Crippen molar-refractivity contribution in [2.45, 2.75) is 31.4 Å². The highest BCUT2D eigenvalue weighted by Crippen LogP contribution is 2.32. The highest BCUT2D eigenvalue weighted by Gasteiger charge is 2.36. The number of amides is 2. The number of rotatable bonds is 11. The molecule has 0 aliphatic carbocycles. The first-order valence-electron chi connectivity index (χ1n) is 13.0. The quantitative estimate of drug-likeness (QED) is 0.284. The van der Waals surface area contributed by atoms with Gasteiger partial charge in [0.1, 0.15) is 11.0 Å². The zero-order chi connectivity index (χ0) is 28.5. The number of methoxy groups -OCH3 is 2. The first-order valence-corrected chi connectivity index (χ1v) is 14.2. The molecule has 1 heterocycles. The average molecular weight is 582 g/mol. The fourth-order valence-electron chi connectivity index (χ4n) is 4.07. The second-order valence-electron chi connectivity index (χ2n) is 9.03. The van der Waals surface area contributed by atoms with Crippen molar-refractivity contribution in [2.75, 3.05) is 32.7 Å². The van der Waals surface area contributed by atoms with Crippen LogP contribution in [0.25, 0.3) is 0 Å². The van der Waals surface area contributed by atoms with E-state index in [9.17, 15) is 9.59 Å². The molecule has 1 unspecified atom stereocenters. The number of halogens is 1. The van der Waals surface area contributed by atoms with E-state index in [2.05, 4.69) is 5.32 Å². The van der Waals surface area contributed by atoms with Crippen LogP contribution in [0.15, 0.2) is 71.7 Å². The summed E-state index contributed by atoms with van der Waals surface area (Å²) in [4.78, 5) is 32.9. The third kappa shape index (κ3) is 7.70. The van der Waals surface area contributed by atoms with E-state index < -0.39 is 5.25 Å². The second-order valence-corrected chi connectivity index (χ2v) is 10.6. The summed E-state index contributed by atoms with van der Waals surface area (Å²) in [5.74, 6) is 1.55. The molecule has 2 amide bonds. The van der Waals surface area contributed by atoms with Crippen LogP contribution in [0.5, 0.6) is 17.2 Å². The summed E-state index contributed by atoms with van der Waals surface area (Å²) in [6, 6.07) is 19.9. The molecule has 210 valence electrons. The van der Waals surface area contributed by atoms with Crippen molar-refractivity contribution in [2.24, 2.45) is 4.99 Å². The molecule has 8 nitrogen and oxygen atoms in total.